The summed E-state index contributed by atoms with van der Waals surface area (Å²) in [6.07, 6.45) is 5.49. The van der Waals surface area contributed by atoms with E-state index in [0.29, 0.717) is 17.4 Å². The lowest BCUT2D eigenvalue weighted by Crippen LogP contribution is -2.48. The van der Waals surface area contributed by atoms with Gasteiger partial charge in [-0.15, -0.1) is 0 Å². The van der Waals surface area contributed by atoms with Gasteiger partial charge in [0.05, 0.1) is 11.4 Å². The standard InChI is InChI=1S/C26H30ClN5O2/c1-2-31(26(34)28-21-11-7-4-8-12-21)18-25(33)29-24-17-23(19-9-5-3-6-10-19)30-32(24)22-15-13-20(27)14-16-22/h3,5-6,9-10,13-17,21H,2,4,7-8,11-12,18H2,1H3,(H,28,34)(H,29,33). The van der Waals surface area contributed by atoms with Gasteiger partial charge in [0.15, 0.2) is 0 Å². The smallest absolute Gasteiger partial charge is 0.318 e. The van der Waals surface area contributed by atoms with E-state index in [9.17, 15) is 9.59 Å². The van der Waals surface area contributed by atoms with Crippen LogP contribution in [0.5, 0.6) is 0 Å². The highest BCUT2D eigenvalue weighted by atomic mass is 35.5. The number of hydrogen-bond acceptors (Lipinski definition) is 3. The number of likely N-dealkylation sites (N-methyl/N-ethyl adjacent to an activating group) is 1. The van der Waals surface area contributed by atoms with E-state index in [2.05, 4.69) is 10.6 Å². The van der Waals surface area contributed by atoms with Crippen molar-refractivity contribution >= 4 is 29.4 Å². The number of carbonyl (C=O) groups is 2. The summed E-state index contributed by atoms with van der Waals surface area (Å²) in [7, 11) is 0. The van der Waals surface area contributed by atoms with Gasteiger partial charge in [0.25, 0.3) is 0 Å². The van der Waals surface area contributed by atoms with Crippen LogP contribution in [0.4, 0.5) is 10.6 Å². The first-order valence-corrected chi connectivity index (χ1v) is 12.2. The van der Waals surface area contributed by atoms with Crippen molar-refractivity contribution in [3.8, 4) is 16.9 Å². The second-order valence-electron chi connectivity index (χ2n) is 8.52. The molecule has 1 aliphatic rings. The second-order valence-corrected chi connectivity index (χ2v) is 8.95. The fourth-order valence-corrected chi connectivity index (χ4v) is 4.32. The van der Waals surface area contributed by atoms with Crippen LogP contribution in [-0.2, 0) is 4.79 Å². The number of hydrogen-bond donors (Lipinski definition) is 2. The summed E-state index contributed by atoms with van der Waals surface area (Å²) in [5, 5.41) is 11.4. The summed E-state index contributed by atoms with van der Waals surface area (Å²) in [5.74, 6) is 0.241. The van der Waals surface area contributed by atoms with Crippen molar-refractivity contribution in [2.75, 3.05) is 18.4 Å². The first-order chi connectivity index (χ1) is 16.5. The first-order valence-electron chi connectivity index (χ1n) is 11.8. The normalized spacial score (nSPS) is 13.9. The first kappa shape index (κ1) is 23.8. The molecule has 8 heteroatoms. The van der Waals surface area contributed by atoms with Gasteiger partial charge in [-0.1, -0.05) is 61.2 Å². The summed E-state index contributed by atoms with van der Waals surface area (Å²) in [6, 6.07) is 18.8. The molecule has 0 unspecified atom stereocenters. The number of nitrogens with zero attached hydrogens (tertiary/aromatic N) is 3. The molecule has 2 aromatic carbocycles. The summed E-state index contributed by atoms with van der Waals surface area (Å²) in [5.41, 5.74) is 2.44. The molecule has 1 heterocycles. The zero-order valence-corrected chi connectivity index (χ0v) is 20.1. The molecule has 1 aliphatic carbocycles. The van der Waals surface area contributed by atoms with E-state index in [1.54, 1.807) is 16.8 Å². The van der Waals surface area contributed by atoms with Crippen LogP contribution in [0.25, 0.3) is 16.9 Å². The molecule has 1 fully saturated rings. The lowest BCUT2D eigenvalue weighted by atomic mass is 9.96. The maximum absolute atomic E-state index is 13.0. The van der Waals surface area contributed by atoms with Crippen LogP contribution >= 0.6 is 11.6 Å². The van der Waals surface area contributed by atoms with Gasteiger partial charge in [0.2, 0.25) is 5.91 Å². The third kappa shape index (κ3) is 5.97. The Morgan fingerprint density at radius 2 is 1.76 bits per heavy atom. The summed E-state index contributed by atoms with van der Waals surface area (Å²) in [4.78, 5) is 27.2. The highest BCUT2D eigenvalue weighted by molar-refractivity contribution is 6.30. The van der Waals surface area contributed by atoms with E-state index in [0.717, 1.165) is 42.6 Å². The molecule has 3 aromatic rings. The number of urea groups is 1. The predicted molar refractivity (Wildman–Crippen MR) is 135 cm³/mol. The molecular weight excluding hydrogens is 450 g/mol. The molecule has 0 atom stereocenters. The minimum atomic E-state index is -0.282. The third-order valence-corrected chi connectivity index (χ3v) is 6.31. The average molecular weight is 480 g/mol. The van der Waals surface area contributed by atoms with Crippen LogP contribution in [0, 0.1) is 0 Å². The number of carbonyl (C=O) groups excluding carboxylic acids is 2. The highest BCUT2D eigenvalue weighted by Crippen LogP contribution is 2.25. The Morgan fingerprint density at radius 1 is 1.06 bits per heavy atom. The molecule has 34 heavy (non-hydrogen) atoms. The summed E-state index contributed by atoms with van der Waals surface area (Å²) in [6.45, 7) is 2.28. The van der Waals surface area contributed by atoms with Crippen LogP contribution in [0.2, 0.25) is 5.02 Å². The predicted octanol–water partition coefficient (Wildman–Crippen LogP) is 5.50. The van der Waals surface area contributed by atoms with Gasteiger partial charge in [0, 0.05) is 29.2 Å². The van der Waals surface area contributed by atoms with Crippen LogP contribution < -0.4 is 10.6 Å². The minimum absolute atomic E-state index is 0.0402. The zero-order chi connectivity index (χ0) is 23.9. The Labute approximate surface area is 205 Å². The van der Waals surface area contributed by atoms with E-state index in [1.807, 2.05) is 55.5 Å². The molecule has 0 radical (unpaired) electrons. The monoisotopic (exact) mass is 479 g/mol. The maximum atomic E-state index is 13.0. The molecule has 7 nitrogen and oxygen atoms in total. The number of halogens is 1. The average Bonchev–Trinajstić information content (AvgIpc) is 3.27. The second kappa shape index (κ2) is 11.2. The van der Waals surface area contributed by atoms with Crippen LogP contribution in [0.15, 0.2) is 60.7 Å². The third-order valence-electron chi connectivity index (χ3n) is 6.05. The molecule has 1 aromatic heterocycles. The van der Waals surface area contributed by atoms with E-state index in [4.69, 9.17) is 16.7 Å². The van der Waals surface area contributed by atoms with Crippen molar-refractivity contribution in [3.05, 3.63) is 65.7 Å². The van der Waals surface area contributed by atoms with E-state index in [-0.39, 0.29) is 24.5 Å². The van der Waals surface area contributed by atoms with Crippen molar-refractivity contribution < 1.29 is 9.59 Å². The Kier molecular flexibility index (Phi) is 7.85. The largest absolute Gasteiger partial charge is 0.335 e. The van der Waals surface area contributed by atoms with Crippen molar-refractivity contribution in [2.24, 2.45) is 0 Å². The van der Waals surface area contributed by atoms with Gasteiger partial charge in [-0.05, 0) is 44.0 Å². The molecule has 0 spiro atoms. The van der Waals surface area contributed by atoms with Gasteiger partial charge in [-0.2, -0.15) is 5.10 Å². The van der Waals surface area contributed by atoms with Gasteiger partial charge in [-0.25, -0.2) is 9.48 Å². The lowest BCUT2D eigenvalue weighted by molar-refractivity contribution is -0.116. The maximum Gasteiger partial charge on any atom is 0.318 e. The number of nitrogens with one attached hydrogen (secondary N) is 2. The van der Waals surface area contributed by atoms with E-state index < -0.39 is 0 Å². The van der Waals surface area contributed by atoms with Gasteiger partial charge in [-0.3, -0.25) is 4.79 Å². The number of rotatable bonds is 7. The van der Waals surface area contributed by atoms with Crippen LogP contribution in [0.1, 0.15) is 39.0 Å². The molecule has 178 valence electrons. The fourth-order valence-electron chi connectivity index (χ4n) is 4.20. The van der Waals surface area contributed by atoms with Gasteiger partial charge < -0.3 is 15.5 Å². The van der Waals surface area contributed by atoms with Crippen LogP contribution in [0.3, 0.4) is 0 Å². The Morgan fingerprint density at radius 3 is 2.44 bits per heavy atom. The molecule has 4 rings (SSSR count). The molecule has 1 saturated carbocycles. The topological polar surface area (TPSA) is 79.3 Å². The van der Waals surface area contributed by atoms with Crippen molar-refractivity contribution in [1.29, 1.82) is 0 Å². The minimum Gasteiger partial charge on any atom is -0.335 e. The number of amides is 3. The van der Waals surface area contributed by atoms with Crippen molar-refractivity contribution in [1.82, 2.24) is 20.0 Å². The van der Waals surface area contributed by atoms with Crippen molar-refractivity contribution in [2.45, 2.75) is 45.1 Å². The van der Waals surface area contributed by atoms with E-state index in [1.165, 1.54) is 11.3 Å². The summed E-state index contributed by atoms with van der Waals surface area (Å²) >= 11 is 6.05. The molecule has 0 saturated heterocycles. The molecule has 3 amide bonds. The number of benzene rings is 2. The summed E-state index contributed by atoms with van der Waals surface area (Å²) < 4.78 is 1.68. The molecule has 0 bridgehead atoms. The van der Waals surface area contributed by atoms with Crippen molar-refractivity contribution in [3.63, 3.8) is 0 Å². The fraction of sp³-hybridized carbons (Fsp3) is 0.346. The van der Waals surface area contributed by atoms with E-state index >= 15 is 0 Å². The Bertz CT molecular complexity index is 1110. The molecule has 0 aliphatic heterocycles. The molecular formula is C26H30ClN5O2. The van der Waals surface area contributed by atoms with Gasteiger partial charge in [0.1, 0.15) is 12.4 Å². The Hall–Kier alpha value is -3.32. The highest BCUT2D eigenvalue weighted by Gasteiger charge is 2.22. The lowest BCUT2D eigenvalue weighted by Gasteiger charge is -2.27. The molecule has 2 N–H and O–H groups in total. The number of anilines is 1. The Balaban J connectivity index is 1.50. The van der Waals surface area contributed by atoms with Crippen LogP contribution in [-0.4, -0.2) is 45.8 Å². The zero-order valence-electron chi connectivity index (χ0n) is 19.3. The van der Waals surface area contributed by atoms with Gasteiger partial charge >= 0.3 is 6.03 Å². The number of aromatic nitrogens is 2. The quantitative estimate of drug-likeness (QED) is 0.470. The SMILES string of the molecule is CCN(CC(=O)Nc1cc(-c2ccccc2)nn1-c1ccc(Cl)cc1)C(=O)NC1CCCCC1.